The third-order valence-corrected chi connectivity index (χ3v) is 3.64. The van der Waals surface area contributed by atoms with Crippen LogP contribution in [-0.4, -0.2) is 24.4 Å². The normalized spacial score (nSPS) is 16.5. The summed E-state index contributed by atoms with van der Waals surface area (Å²) < 4.78 is 10.9. The molecule has 0 bridgehead atoms. The summed E-state index contributed by atoms with van der Waals surface area (Å²) in [5.41, 5.74) is 0.653. The van der Waals surface area contributed by atoms with Gasteiger partial charge in [0.15, 0.2) is 11.5 Å². The molecule has 0 saturated carbocycles. The molecule has 112 valence electrons. The molecule has 1 heterocycles. The Hall–Kier alpha value is -1.66. The molecule has 1 aliphatic rings. The summed E-state index contributed by atoms with van der Waals surface area (Å²) in [5.74, 6) is 0.510. The van der Waals surface area contributed by atoms with Gasteiger partial charge in [-0.2, -0.15) is 0 Å². The molecule has 0 radical (unpaired) electrons. The predicted octanol–water partition coefficient (Wildman–Crippen LogP) is 3.46. The second kappa shape index (κ2) is 6.41. The minimum Gasteiger partial charge on any atom is -0.493 e. The minimum absolute atomic E-state index is 0.0469. The summed E-state index contributed by atoms with van der Waals surface area (Å²) in [7, 11) is 1.51. The predicted molar refractivity (Wildman–Crippen MR) is 82.9 cm³/mol. The number of carbonyl (C=O) groups is 2. The lowest BCUT2D eigenvalue weighted by Gasteiger charge is -2.15. The van der Waals surface area contributed by atoms with Gasteiger partial charge in [0.05, 0.1) is 23.1 Å². The Morgan fingerprint density at radius 3 is 2.57 bits per heavy atom. The van der Waals surface area contributed by atoms with Gasteiger partial charge in [0.1, 0.15) is 0 Å². The van der Waals surface area contributed by atoms with Crippen LogP contribution >= 0.6 is 23.4 Å². The molecule has 21 heavy (non-hydrogen) atoms. The number of thioether (sulfide) groups is 1. The molecule has 0 spiro atoms. The van der Waals surface area contributed by atoms with Crippen LogP contribution in [0.15, 0.2) is 17.0 Å². The first-order valence-corrected chi connectivity index (χ1v) is 7.39. The van der Waals surface area contributed by atoms with Gasteiger partial charge < -0.3 is 9.47 Å². The number of rotatable bonds is 4. The van der Waals surface area contributed by atoms with Gasteiger partial charge in [-0.1, -0.05) is 11.6 Å². The Morgan fingerprint density at radius 2 is 2.05 bits per heavy atom. The highest BCUT2D eigenvalue weighted by atomic mass is 35.5. The largest absolute Gasteiger partial charge is 0.493 e. The van der Waals surface area contributed by atoms with Crippen molar-refractivity contribution in [2.24, 2.45) is 0 Å². The van der Waals surface area contributed by atoms with Gasteiger partial charge >= 0.3 is 0 Å². The molecule has 2 amide bonds. The molecule has 1 N–H and O–H groups in total. The molecule has 1 saturated heterocycles. The maximum absolute atomic E-state index is 11.5. The van der Waals surface area contributed by atoms with Crippen molar-refractivity contribution >= 4 is 40.6 Å². The number of hydrogen-bond donors (Lipinski definition) is 1. The fraction of sp³-hybridized carbons (Fsp3) is 0.286. The Bertz CT molecular complexity index is 628. The highest BCUT2D eigenvalue weighted by Gasteiger charge is 2.25. The zero-order chi connectivity index (χ0) is 15.6. The number of hydrogen-bond acceptors (Lipinski definition) is 5. The van der Waals surface area contributed by atoms with E-state index in [4.69, 9.17) is 21.1 Å². The smallest absolute Gasteiger partial charge is 0.290 e. The van der Waals surface area contributed by atoms with Gasteiger partial charge in [-0.25, -0.2) is 0 Å². The Kier molecular flexibility index (Phi) is 4.80. The number of ether oxygens (including phenoxy) is 2. The van der Waals surface area contributed by atoms with Crippen LogP contribution < -0.4 is 14.8 Å². The number of nitrogens with one attached hydrogen (secondary N) is 1. The number of amides is 2. The maximum atomic E-state index is 11.5. The third-order valence-electron chi connectivity index (χ3n) is 2.55. The molecule has 0 aromatic heterocycles. The number of imide groups is 1. The van der Waals surface area contributed by atoms with Crippen LogP contribution in [0.1, 0.15) is 19.4 Å². The maximum Gasteiger partial charge on any atom is 0.290 e. The van der Waals surface area contributed by atoms with Crippen LogP contribution in [0.3, 0.4) is 0 Å². The summed E-state index contributed by atoms with van der Waals surface area (Å²) in [4.78, 5) is 23.0. The highest BCUT2D eigenvalue weighted by molar-refractivity contribution is 8.18. The average molecular weight is 328 g/mol. The van der Waals surface area contributed by atoms with E-state index < -0.39 is 5.91 Å². The van der Waals surface area contributed by atoms with Crippen LogP contribution in [0, 0.1) is 0 Å². The molecular weight excluding hydrogens is 314 g/mol. The monoisotopic (exact) mass is 327 g/mol. The van der Waals surface area contributed by atoms with Gasteiger partial charge in [-0.15, -0.1) is 0 Å². The van der Waals surface area contributed by atoms with Gasteiger partial charge in [0.2, 0.25) is 0 Å². The lowest BCUT2D eigenvalue weighted by molar-refractivity contribution is -0.115. The van der Waals surface area contributed by atoms with Crippen molar-refractivity contribution < 1.29 is 19.1 Å². The van der Waals surface area contributed by atoms with Crippen molar-refractivity contribution in [3.63, 3.8) is 0 Å². The van der Waals surface area contributed by atoms with Crippen LogP contribution in [0.2, 0.25) is 5.02 Å². The van der Waals surface area contributed by atoms with E-state index >= 15 is 0 Å². The number of carbonyl (C=O) groups excluding carboxylic acids is 2. The molecule has 1 aromatic rings. The van der Waals surface area contributed by atoms with Gasteiger partial charge in [-0.05, 0) is 49.4 Å². The first-order chi connectivity index (χ1) is 9.90. The van der Waals surface area contributed by atoms with Crippen molar-refractivity contribution in [1.29, 1.82) is 0 Å². The zero-order valence-corrected chi connectivity index (χ0v) is 13.3. The van der Waals surface area contributed by atoms with Crippen molar-refractivity contribution in [1.82, 2.24) is 5.32 Å². The minimum atomic E-state index is -0.414. The SMILES string of the molecule is COc1cc(/C=C2\SC(=O)NC2=O)cc(Cl)c1OC(C)C. The standard InChI is InChI=1S/C14H14ClNO4S/c1-7(2)20-12-9(15)4-8(5-10(12)19-3)6-11-13(17)16-14(18)21-11/h4-7H,1-3H3,(H,16,17,18)/b11-6-. The molecule has 1 aliphatic heterocycles. The summed E-state index contributed by atoms with van der Waals surface area (Å²) in [6, 6.07) is 3.36. The van der Waals surface area contributed by atoms with Crippen LogP contribution in [0.4, 0.5) is 4.79 Å². The lowest BCUT2D eigenvalue weighted by atomic mass is 10.1. The van der Waals surface area contributed by atoms with Crippen molar-refractivity contribution in [2.45, 2.75) is 20.0 Å². The fourth-order valence-electron chi connectivity index (χ4n) is 1.75. The molecule has 0 aliphatic carbocycles. The van der Waals surface area contributed by atoms with Gasteiger partial charge in [-0.3, -0.25) is 14.9 Å². The van der Waals surface area contributed by atoms with Gasteiger partial charge in [0, 0.05) is 0 Å². The van der Waals surface area contributed by atoms with Crippen molar-refractivity contribution in [2.75, 3.05) is 7.11 Å². The number of methoxy groups -OCH3 is 1. The van der Waals surface area contributed by atoms with E-state index in [1.807, 2.05) is 13.8 Å². The van der Waals surface area contributed by atoms with Crippen LogP contribution in [0.5, 0.6) is 11.5 Å². The highest BCUT2D eigenvalue weighted by Crippen LogP contribution is 2.38. The molecule has 0 unspecified atom stereocenters. The zero-order valence-electron chi connectivity index (χ0n) is 11.7. The Balaban J connectivity index is 2.38. The number of benzene rings is 1. The van der Waals surface area contributed by atoms with Crippen molar-refractivity contribution in [3.05, 3.63) is 27.6 Å². The average Bonchev–Trinajstić information content (AvgIpc) is 2.70. The summed E-state index contributed by atoms with van der Waals surface area (Å²) in [6.45, 7) is 3.77. The Labute approximate surface area is 131 Å². The molecule has 0 atom stereocenters. The summed E-state index contributed by atoms with van der Waals surface area (Å²) in [5, 5.41) is 2.19. The fourth-order valence-corrected chi connectivity index (χ4v) is 2.69. The molecule has 5 nitrogen and oxygen atoms in total. The van der Waals surface area contributed by atoms with E-state index in [1.54, 1.807) is 18.2 Å². The quantitative estimate of drug-likeness (QED) is 0.858. The van der Waals surface area contributed by atoms with E-state index in [-0.39, 0.29) is 11.3 Å². The molecular formula is C14H14ClNO4S. The number of halogens is 1. The molecule has 2 rings (SSSR count). The first-order valence-electron chi connectivity index (χ1n) is 6.19. The van der Waals surface area contributed by atoms with E-state index in [2.05, 4.69) is 5.32 Å². The van der Waals surface area contributed by atoms with E-state index in [0.717, 1.165) is 11.8 Å². The second-order valence-corrected chi connectivity index (χ2v) is 5.97. The van der Waals surface area contributed by atoms with Gasteiger partial charge in [0.25, 0.3) is 11.1 Å². The first kappa shape index (κ1) is 15.7. The van der Waals surface area contributed by atoms with Crippen LogP contribution in [0.25, 0.3) is 6.08 Å². The van der Waals surface area contributed by atoms with E-state index in [0.29, 0.717) is 27.0 Å². The van der Waals surface area contributed by atoms with E-state index in [1.165, 1.54) is 7.11 Å². The van der Waals surface area contributed by atoms with E-state index in [9.17, 15) is 9.59 Å². The van der Waals surface area contributed by atoms with Crippen LogP contribution in [-0.2, 0) is 4.79 Å². The van der Waals surface area contributed by atoms with Crippen molar-refractivity contribution in [3.8, 4) is 11.5 Å². The molecule has 1 aromatic carbocycles. The molecule has 7 heteroatoms. The summed E-state index contributed by atoms with van der Waals surface area (Å²) >= 11 is 7.05. The lowest BCUT2D eigenvalue weighted by Crippen LogP contribution is -2.17. The second-order valence-electron chi connectivity index (χ2n) is 4.55. The topological polar surface area (TPSA) is 64.6 Å². The molecule has 1 fully saturated rings. The Morgan fingerprint density at radius 1 is 1.33 bits per heavy atom. The summed E-state index contributed by atoms with van der Waals surface area (Å²) in [6.07, 6.45) is 1.53. The third kappa shape index (κ3) is 3.71.